The van der Waals surface area contributed by atoms with Gasteiger partial charge >= 0.3 is 6.03 Å². The van der Waals surface area contributed by atoms with Crippen LogP contribution in [0.4, 0.5) is 15.1 Å². The maximum absolute atomic E-state index is 12.0. The second-order valence-electron chi connectivity index (χ2n) is 6.45. The second-order valence-corrected chi connectivity index (χ2v) is 8.45. The molecular formula is C17H23N5O3S2. The van der Waals surface area contributed by atoms with Gasteiger partial charge in [-0.05, 0) is 32.6 Å². The van der Waals surface area contributed by atoms with Crippen LogP contribution in [0.5, 0.6) is 0 Å². The fourth-order valence-corrected chi connectivity index (χ4v) is 4.59. The highest BCUT2D eigenvalue weighted by Gasteiger charge is 2.21. The summed E-state index contributed by atoms with van der Waals surface area (Å²) in [7, 11) is 0. The van der Waals surface area contributed by atoms with E-state index in [4.69, 9.17) is 4.74 Å². The molecule has 0 atom stereocenters. The van der Waals surface area contributed by atoms with Gasteiger partial charge in [0, 0.05) is 20.1 Å². The molecule has 8 nitrogen and oxygen atoms in total. The van der Waals surface area contributed by atoms with Gasteiger partial charge in [0.1, 0.15) is 0 Å². The fourth-order valence-electron chi connectivity index (χ4n) is 2.38. The SMILES string of the molecule is CC(=O)Nc1nc(C)c(-c2sc(NC(=O)NCCOCC3CC3)nc2C)s1. The minimum Gasteiger partial charge on any atom is -0.379 e. The molecule has 2 aromatic rings. The Bertz CT molecular complexity index is 829. The number of carbonyl (C=O) groups is 2. The molecule has 0 saturated heterocycles. The van der Waals surface area contributed by atoms with E-state index in [0.29, 0.717) is 23.4 Å². The molecule has 10 heteroatoms. The summed E-state index contributed by atoms with van der Waals surface area (Å²) < 4.78 is 5.49. The van der Waals surface area contributed by atoms with Gasteiger partial charge in [-0.3, -0.25) is 10.1 Å². The van der Waals surface area contributed by atoms with Crippen molar-refractivity contribution in [3.8, 4) is 9.75 Å². The molecule has 1 aliphatic carbocycles. The van der Waals surface area contributed by atoms with Gasteiger partial charge in [0.25, 0.3) is 0 Å². The number of hydrogen-bond donors (Lipinski definition) is 3. The van der Waals surface area contributed by atoms with Crippen LogP contribution in [0.15, 0.2) is 0 Å². The van der Waals surface area contributed by atoms with Crippen LogP contribution in [0.3, 0.4) is 0 Å². The topological polar surface area (TPSA) is 105 Å². The molecule has 3 N–H and O–H groups in total. The number of thiazole rings is 2. The molecule has 0 radical (unpaired) electrons. The highest BCUT2D eigenvalue weighted by molar-refractivity contribution is 7.25. The number of aromatic nitrogens is 2. The van der Waals surface area contributed by atoms with Crippen molar-refractivity contribution >= 4 is 44.9 Å². The third-order valence-electron chi connectivity index (χ3n) is 3.89. The van der Waals surface area contributed by atoms with Gasteiger partial charge in [0.05, 0.1) is 27.7 Å². The second kappa shape index (κ2) is 8.77. The lowest BCUT2D eigenvalue weighted by Crippen LogP contribution is -2.31. The Morgan fingerprint density at radius 2 is 1.67 bits per heavy atom. The zero-order valence-electron chi connectivity index (χ0n) is 15.5. The van der Waals surface area contributed by atoms with E-state index in [0.717, 1.165) is 33.7 Å². The average molecular weight is 410 g/mol. The number of carbonyl (C=O) groups excluding carboxylic acids is 2. The van der Waals surface area contributed by atoms with Crippen molar-refractivity contribution in [3.63, 3.8) is 0 Å². The minimum absolute atomic E-state index is 0.156. The van der Waals surface area contributed by atoms with Gasteiger partial charge in [0.15, 0.2) is 10.3 Å². The van der Waals surface area contributed by atoms with Crippen LogP contribution in [-0.4, -0.2) is 41.7 Å². The maximum atomic E-state index is 12.0. The number of amides is 3. The largest absolute Gasteiger partial charge is 0.379 e. The number of rotatable bonds is 8. The Morgan fingerprint density at radius 3 is 2.22 bits per heavy atom. The summed E-state index contributed by atoms with van der Waals surface area (Å²) in [5.74, 6) is 0.563. The van der Waals surface area contributed by atoms with Crippen LogP contribution in [0.2, 0.25) is 0 Å². The molecule has 0 aliphatic heterocycles. The van der Waals surface area contributed by atoms with Crippen LogP contribution in [-0.2, 0) is 9.53 Å². The summed E-state index contributed by atoms with van der Waals surface area (Å²) in [6.07, 6.45) is 2.51. The van der Waals surface area contributed by atoms with Crippen molar-refractivity contribution in [1.29, 1.82) is 0 Å². The standard InChI is InChI=1S/C17H23N5O3S2/c1-9-13(26-16(19-9)21-11(3)23)14-10(2)20-17(27-14)22-15(24)18-6-7-25-8-12-4-5-12/h12H,4-8H2,1-3H3,(H,19,21,23)(H2,18,20,22,24). The van der Waals surface area contributed by atoms with E-state index in [1.807, 2.05) is 13.8 Å². The van der Waals surface area contributed by atoms with Crippen LogP contribution in [0, 0.1) is 19.8 Å². The summed E-state index contributed by atoms with van der Waals surface area (Å²) in [6.45, 7) is 6.98. The number of anilines is 2. The number of hydrogen-bond acceptors (Lipinski definition) is 7. The van der Waals surface area contributed by atoms with Crippen molar-refractivity contribution in [2.24, 2.45) is 5.92 Å². The first kappa shape index (κ1) is 19.7. The molecule has 0 bridgehead atoms. The lowest BCUT2D eigenvalue weighted by atomic mass is 10.3. The molecule has 27 heavy (non-hydrogen) atoms. The molecular weight excluding hydrogens is 386 g/mol. The predicted octanol–water partition coefficient (Wildman–Crippen LogP) is 3.39. The molecule has 0 spiro atoms. The quantitative estimate of drug-likeness (QED) is 0.580. The van der Waals surface area contributed by atoms with E-state index >= 15 is 0 Å². The molecule has 3 rings (SSSR count). The van der Waals surface area contributed by atoms with Crippen molar-refractivity contribution < 1.29 is 14.3 Å². The van der Waals surface area contributed by atoms with Crippen molar-refractivity contribution in [2.75, 3.05) is 30.4 Å². The number of ether oxygens (including phenoxy) is 1. The summed E-state index contributed by atoms with van der Waals surface area (Å²) in [5.41, 5.74) is 1.63. The Kier molecular flexibility index (Phi) is 6.40. The van der Waals surface area contributed by atoms with Crippen LogP contribution in [0.25, 0.3) is 9.75 Å². The maximum Gasteiger partial charge on any atom is 0.321 e. The molecule has 2 heterocycles. The lowest BCUT2D eigenvalue weighted by molar-refractivity contribution is -0.114. The van der Waals surface area contributed by atoms with Crippen molar-refractivity contribution in [1.82, 2.24) is 15.3 Å². The van der Waals surface area contributed by atoms with E-state index in [2.05, 4.69) is 25.9 Å². The van der Waals surface area contributed by atoms with E-state index in [1.54, 1.807) is 0 Å². The molecule has 1 saturated carbocycles. The van der Waals surface area contributed by atoms with Gasteiger partial charge in [-0.1, -0.05) is 22.7 Å². The van der Waals surface area contributed by atoms with E-state index < -0.39 is 0 Å². The van der Waals surface area contributed by atoms with Crippen LogP contribution in [0.1, 0.15) is 31.2 Å². The Labute approximate surface area is 165 Å². The summed E-state index contributed by atoms with van der Waals surface area (Å²) >= 11 is 2.78. The number of aryl methyl sites for hydroxylation is 2. The first-order chi connectivity index (χ1) is 12.9. The van der Waals surface area contributed by atoms with E-state index in [9.17, 15) is 9.59 Å². The van der Waals surface area contributed by atoms with Gasteiger partial charge in [-0.15, -0.1) is 0 Å². The normalized spacial score (nSPS) is 13.4. The Morgan fingerprint density at radius 1 is 1.07 bits per heavy atom. The van der Waals surface area contributed by atoms with Gasteiger partial charge in [-0.25, -0.2) is 14.8 Å². The minimum atomic E-state index is -0.301. The number of urea groups is 1. The molecule has 0 aromatic carbocycles. The monoisotopic (exact) mass is 409 g/mol. The number of nitrogens with one attached hydrogen (secondary N) is 3. The van der Waals surface area contributed by atoms with Gasteiger partial charge in [-0.2, -0.15) is 0 Å². The summed E-state index contributed by atoms with van der Waals surface area (Å²) in [4.78, 5) is 33.9. The molecule has 0 unspecified atom stereocenters. The number of nitrogens with zero attached hydrogens (tertiary/aromatic N) is 2. The van der Waals surface area contributed by atoms with Crippen molar-refractivity contribution in [2.45, 2.75) is 33.6 Å². The van der Waals surface area contributed by atoms with E-state index in [-0.39, 0.29) is 11.9 Å². The molecule has 1 fully saturated rings. The van der Waals surface area contributed by atoms with Crippen LogP contribution >= 0.6 is 22.7 Å². The highest BCUT2D eigenvalue weighted by Crippen LogP contribution is 2.39. The third kappa shape index (κ3) is 5.72. The third-order valence-corrected chi connectivity index (χ3v) is 6.20. The van der Waals surface area contributed by atoms with Gasteiger partial charge < -0.3 is 15.4 Å². The molecule has 1 aliphatic rings. The summed E-state index contributed by atoms with van der Waals surface area (Å²) in [6, 6.07) is -0.301. The van der Waals surface area contributed by atoms with Crippen molar-refractivity contribution in [3.05, 3.63) is 11.4 Å². The predicted molar refractivity (Wildman–Crippen MR) is 108 cm³/mol. The first-order valence-electron chi connectivity index (χ1n) is 8.77. The zero-order chi connectivity index (χ0) is 19.4. The Balaban J connectivity index is 1.54. The molecule has 3 amide bonds. The zero-order valence-corrected chi connectivity index (χ0v) is 17.2. The average Bonchev–Trinajstić information content (AvgIpc) is 3.24. The van der Waals surface area contributed by atoms with Gasteiger partial charge in [0.2, 0.25) is 5.91 Å². The first-order valence-corrected chi connectivity index (χ1v) is 10.4. The van der Waals surface area contributed by atoms with Crippen LogP contribution < -0.4 is 16.0 Å². The van der Waals surface area contributed by atoms with E-state index in [1.165, 1.54) is 42.4 Å². The summed E-state index contributed by atoms with van der Waals surface area (Å²) in [5, 5.41) is 9.30. The smallest absolute Gasteiger partial charge is 0.321 e. The molecule has 2 aromatic heterocycles. The fraction of sp³-hybridized carbons (Fsp3) is 0.529. The lowest BCUT2D eigenvalue weighted by Gasteiger charge is -2.06. The molecule has 146 valence electrons. The highest BCUT2D eigenvalue weighted by atomic mass is 32.1. The Hall–Kier alpha value is -2.04.